The standard InChI is InChI=1S/C11H18N2O3S/c1-5-13(6-2)10-8(15-3)7(12)9(17-10)11(14)16-4/h5-6,12H2,1-4H3. The second-order valence-corrected chi connectivity index (χ2v) is 4.35. The molecule has 0 aliphatic heterocycles. The van der Waals surface area contributed by atoms with Gasteiger partial charge in [-0.3, -0.25) is 0 Å². The first-order valence-electron chi connectivity index (χ1n) is 5.40. The summed E-state index contributed by atoms with van der Waals surface area (Å²) in [4.78, 5) is 14.0. The molecule has 1 rings (SSSR count). The monoisotopic (exact) mass is 258 g/mol. The summed E-state index contributed by atoms with van der Waals surface area (Å²) in [6.07, 6.45) is 0. The van der Waals surface area contributed by atoms with Gasteiger partial charge in [0.15, 0.2) is 5.75 Å². The number of carbonyl (C=O) groups is 1. The first-order valence-corrected chi connectivity index (χ1v) is 6.21. The van der Waals surface area contributed by atoms with Gasteiger partial charge in [-0.2, -0.15) is 0 Å². The average Bonchev–Trinajstić information content (AvgIpc) is 2.67. The molecule has 0 saturated heterocycles. The van der Waals surface area contributed by atoms with Gasteiger partial charge in [-0.05, 0) is 13.8 Å². The number of hydrogen-bond acceptors (Lipinski definition) is 6. The molecule has 1 heterocycles. The molecule has 0 aliphatic rings. The van der Waals surface area contributed by atoms with Gasteiger partial charge >= 0.3 is 5.97 Å². The molecule has 0 spiro atoms. The van der Waals surface area contributed by atoms with Gasteiger partial charge in [-0.25, -0.2) is 4.79 Å². The van der Waals surface area contributed by atoms with Gasteiger partial charge < -0.3 is 20.1 Å². The van der Waals surface area contributed by atoms with Crippen LogP contribution >= 0.6 is 11.3 Å². The molecule has 96 valence electrons. The summed E-state index contributed by atoms with van der Waals surface area (Å²) in [5, 5.41) is 0.871. The number of thiophene rings is 1. The molecule has 5 nitrogen and oxygen atoms in total. The van der Waals surface area contributed by atoms with Gasteiger partial charge in [0.25, 0.3) is 0 Å². The maximum atomic E-state index is 11.5. The quantitative estimate of drug-likeness (QED) is 0.818. The lowest BCUT2D eigenvalue weighted by atomic mass is 10.3. The Hall–Kier alpha value is -1.43. The fourth-order valence-corrected chi connectivity index (χ4v) is 2.81. The van der Waals surface area contributed by atoms with Crippen molar-refractivity contribution in [3.8, 4) is 5.75 Å². The number of esters is 1. The summed E-state index contributed by atoms with van der Waals surface area (Å²) in [7, 11) is 2.89. The largest absolute Gasteiger partial charge is 0.492 e. The second kappa shape index (κ2) is 5.77. The van der Waals surface area contributed by atoms with Crippen LogP contribution < -0.4 is 15.4 Å². The van der Waals surface area contributed by atoms with E-state index in [2.05, 4.69) is 4.90 Å². The molecule has 0 bridgehead atoms. The molecule has 0 aromatic carbocycles. The van der Waals surface area contributed by atoms with E-state index in [1.165, 1.54) is 18.4 Å². The minimum atomic E-state index is -0.427. The van der Waals surface area contributed by atoms with Crippen LogP contribution in [-0.4, -0.2) is 33.3 Å². The van der Waals surface area contributed by atoms with Crippen LogP contribution in [0.25, 0.3) is 0 Å². The average molecular weight is 258 g/mol. The smallest absolute Gasteiger partial charge is 0.350 e. The van der Waals surface area contributed by atoms with Gasteiger partial charge in [-0.15, -0.1) is 11.3 Å². The lowest BCUT2D eigenvalue weighted by Crippen LogP contribution is -2.21. The summed E-state index contributed by atoms with van der Waals surface area (Å²) < 4.78 is 9.97. The maximum absolute atomic E-state index is 11.5. The van der Waals surface area contributed by atoms with Crippen LogP contribution in [-0.2, 0) is 4.74 Å². The van der Waals surface area contributed by atoms with Crippen molar-refractivity contribution >= 4 is 28.0 Å². The Kier molecular flexibility index (Phi) is 4.62. The van der Waals surface area contributed by atoms with E-state index in [4.69, 9.17) is 15.2 Å². The van der Waals surface area contributed by atoms with Crippen molar-refractivity contribution in [1.82, 2.24) is 0 Å². The van der Waals surface area contributed by atoms with Gasteiger partial charge in [0.2, 0.25) is 0 Å². The number of rotatable bonds is 5. The van der Waals surface area contributed by atoms with Crippen LogP contribution in [0.15, 0.2) is 0 Å². The number of nitrogen functional groups attached to an aromatic ring is 1. The number of nitrogens with two attached hydrogens (primary N) is 1. The van der Waals surface area contributed by atoms with Crippen molar-refractivity contribution in [3.05, 3.63) is 4.88 Å². The molecule has 0 amide bonds. The SMILES string of the molecule is CCN(CC)c1sc(C(=O)OC)c(N)c1OC. The molecule has 1 aromatic rings. The molecule has 1 aromatic heterocycles. The van der Waals surface area contributed by atoms with Crippen LogP contribution in [0.5, 0.6) is 5.75 Å². The predicted octanol–water partition coefficient (Wildman–Crippen LogP) is 1.97. The fraction of sp³-hybridized carbons (Fsp3) is 0.545. The topological polar surface area (TPSA) is 64.8 Å². The van der Waals surface area contributed by atoms with E-state index in [0.29, 0.717) is 16.3 Å². The number of carbonyl (C=O) groups excluding carboxylic acids is 1. The summed E-state index contributed by atoms with van der Waals surface area (Å²) in [5.41, 5.74) is 6.25. The Morgan fingerprint density at radius 3 is 2.35 bits per heavy atom. The number of anilines is 2. The van der Waals surface area contributed by atoms with Crippen molar-refractivity contribution in [2.75, 3.05) is 37.9 Å². The number of ether oxygens (including phenoxy) is 2. The molecule has 0 radical (unpaired) electrons. The Morgan fingerprint density at radius 2 is 1.94 bits per heavy atom. The molecule has 0 aliphatic carbocycles. The molecule has 2 N–H and O–H groups in total. The summed E-state index contributed by atoms with van der Waals surface area (Å²) in [6, 6.07) is 0. The predicted molar refractivity (Wildman–Crippen MR) is 70.2 cm³/mol. The van der Waals surface area contributed by atoms with Crippen molar-refractivity contribution in [1.29, 1.82) is 0 Å². The molecule has 0 unspecified atom stereocenters. The highest BCUT2D eigenvalue weighted by Gasteiger charge is 2.24. The van der Waals surface area contributed by atoms with Crippen LogP contribution in [0.3, 0.4) is 0 Å². The maximum Gasteiger partial charge on any atom is 0.350 e. The third kappa shape index (κ3) is 2.46. The van der Waals surface area contributed by atoms with Crippen molar-refractivity contribution < 1.29 is 14.3 Å². The van der Waals surface area contributed by atoms with Crippen molar-refractivity contribution in [2.45, 2.75) is 13.8 Å². The highest BCUT2D eigenvalue weighted by Crippen LogP contribution is 2.44. The molecule has 0 atom stereocenters. The summed E-state index contributed by atoms with van der Waals surface area (Å²) in [6.45, 7) is 5.73. The molecule has 6 heteroatoms. The summed E-state index contributed by atoms with van der Waals surface area (Å²) >= 11 is 1.30. The Labute approximate surface area is 105 Å². The van der Waals surface area contributed by atoms with E-state index >= 15 is 0 Å². The van der Waals surface area contributed by atoms with Crippen LogP contribution in [0.2, 0.25) is 0 Å². The van der Waals surface area contributed by atoms with Crippen molar-refractivity contribution in [2.24, 2.45) is 0 Å². The zero-order valence-electron chi connectivity index (χ0n) is 10.6. The Balaban J connectivity index is 3.26. The molecule has 0 fully saturated rings. The number of nitrogens with zero attached hydrogens (tertiary/aromatic N) is 1. The zero-order valence-corrected chi connectivity index (χ0v) is 11.4. The summed E-state index contributed by atoms with van der Waals surface area (Å²) in [5.74, 6) is 0.128. The third-order valence-electron chi connectivity index (χ3n) is 2.51. The number of hydrogen-bond donors (Lipinski definition) is 1. The van der Waals surface area contributed by atoms with Crippen LogP contribution in [0.1, 0.15) is 23.5 Å². The van der Waals surface area contributed by atoms with E-state index in [1.54, 1.807) is 7.11 Å². The van der Waals surface area contributed by atoms with E-state index in [9.17, 15) is 4.79 Å². The third-order valence-corrected chi connectivity index (χ3v) is 3.74. The first kappa shape index (κ1) is 13.6. The minimum Gasteiger partial charge on any atom is -0.492 e. The van der Waals surface area contributed by atoms with E-state index in [1.807, 2.05) is 13.8 Å². The number of methoxy groups -OCH3 is 2. The van der Waals surface area contributed by atoms with Crippen LogP contribution in [0.4, 0.5) is 10.7 Å². The fourth-order valence-electron chi connectivity index (χ4n) is 1.58. The zero-order chi connectivity index (χ0) is 13.0. The second-order valence-electron chi connectivity index (χ2n) is 3.35. The van der Waals surface area contributed by atoms with Crippen molar-refractivity contribution in [3.63, 3.8) is 0 Å². The minimum absolute atomic E-state index is 0.353. The van der Waals surface area contributed by atoms with Gasteiger partial charge in [0.05, 0.1) is 14.2 Å². The normalized spacial score (nSPS) is 10.1. The van der Waals surface area contributed by atoms with Gasteiger partial charge in [0.1, 0.15) is 15.6 Å². The molecular formula is C11H18N2O3S. The van der Waals surface area contributed by atoms with E-state index in [0.717, 1.165) is 18.1 Å². The van der Waals surface area contributed by atoms with E-state index in [-0.39, 0.29) is 0 Å². The first-order chi connectivity index (χ1) is 8.10. The molecular weight excluding hydrogens is 240 g/mol. The molecule has 0 saturated carbocycles. The Morgan fingerprint density at radius 1 is 1.35 bits per heavy atom. The van der Waals surface area contributed by atoms with Crippen LogP contribution in [0, 0.1) is 0 Å². The lowest BCUT2D eigenvalue weighted by Gasteiger charge is -2.19. The van der Waals surface area contributed by atoms with Gasteiger partial charge in [-0.1, -0.05) is 0 Å². The van der Waals surface area contributed by atoms with E-state index < -0.39 is 5.97 Å². The lowest BCUT2D eigenvalue weighted by molar-refractivity contribution is 0.0607. The Bertz CT molecular complexity index is 400. The van der Waals surface area contributed by atoms with Gasteiger partial charge in [0, 0.05) is 13.1 Å². The molecule has 17 heavy (non-hydrogen) atoms. The highest BCUT2D eigenvalue weighted by atomic mass is 32.1. The highest BCUT2D eigenvalue weighted by molar-refractivity contribution is 7.19.